The molecule has 0 aromatic carbocycles. The van der Waals surface area contributed by atoms with Crippen molar-refractivity contribution in [3.8, 4) is 0 Å². The number of hydrogen-bond acceptors (Lipinski definition) is 4. The van der Waals surface area contributed by atoms with Gasteiger partial charge in [0, 0.05) is 19.1 Å². The van der Waals surface area contributed by atoms with Crippen LogP contribution in [0.4, 0.5) is 0 Å². The highest BCUT2D eigenvalue weighted by Crippen LogP contribution is 2.18. The molecule has 0 bridgehead atoms. The Hall–Kier alpha value is -1.36. The number of amides is 1. The lowest BCUT2D eigenvalue weighted by atomic mass is 10.0. The number of hydrogen-bond donors (Lipinski definition) is 1. The normalized spacial score (nSPS) is 21.2. The molecule has 1 unspecified atom stereocenters. The summed E-state index contributed by atoms with van der Waals surface area (Å²) >= 11 is 0. The minimum Gasteiger partial charge on any atom is -0.361 e. The number of rotatable bonds is 1. The van der Waals surface area contributed by atoms with E-state index in [0.29, 0.717) is 23.6 Å². The highest BCUT2D eigenvalue weighted by molar-refractivity contribution is 5.96. The van der Waals surface area contributed by atoms with Crippen molar-refractivity contribution in [1.82, 2.24) is 10.1 Å². The average molecular weight is 223 g/mol. The van der Waals surface area contributed by atoms with Crippen LogP contribution >= 0.6 is 0 Å². The van der Waals surface area contributed by atoms with Gasteiger partial charge in [0.05, 0.1) is 5.69 Å². The van der Waals surface area contributed by atoms with Gasteiger partial charge in [0.2, 0.25) is 0 Å². The van der Waals surface area contributed by atoms with Crippen molar-refractivity contribution in [2.24, 2.45) is 5.73 Å². The third-order valence-electron chi connectivity index (χ3n) is 2.99. The van der Waals surface area contributed by atoms with Crippen molar-refractivity contribution in [3.63, 3.8) is 0 Å². The van der Waals surface area contributed by atoms with Gasteiger partial charge >= 0.3 is 0 Å². The van der Waals surface area contributed by atoms with Crippen LogP contribution in [0.15, 0.2) is 4.52 Å². The van der Waals surface area contributed by atoms with Crippen molar-refractivity contribution in [3.05, 3.63) is 17.0 Å². The van der Waals surface area contributed by atoms with Crippen LogP contribution in [0.5, 0.6) is 0 Å². The van der Waals surface area contributed by atoms with E-state index in [1.54, 1.807) is 18.7 Å². The Labute approximate surface area is 94.6 Å². The van der Waals surface area contributed by atoms with Crippen LogP contribution in [0.1, 0.15) is 34.7 Å². The molecule has 88 valence electrons. The highest BCUT2D eigenvalue weighted by atomic mass is 16.5. The molecule has 1 aliphatic heterocycles. The maximum Gasteiger partial charge on any atom is 0.259 e. The van der Waals surface area contributed by atoms with Gasteiger partial charge in [-0.2, -0.15) is 0 Å². The molecule has 1 aromatic rings. The number of carbonyl (C=O) groups excluding carboxylic acids is 1. The summed E-state index contributed by atoms with van der Waals surface area (Å²) in [6.07, 6.45) is 1.96. The molecule has 1 aromatic heterocycles. The van der Waals surface area contributed by atoms with E-state index in [2.05, 4.69) is 5.16 Å². The van der Waals surface area contributed by atoms with E-state index in [-0.39, 0.29) is 11.9 Å². The summed E-state index contributed by atoms with van der Waals surface area (Å²) in [7, 11) is 0. The van der Waals surface area contributed by atoms with Crippen molar-refractivity contribution < 1.29 is 9.32 Å². The molecule has 2 N–H and O–H groups in total. The standard InChI is InChI=1S/C11H17N3O2/c1-7-10(8(2)16-13-7)11(15)14-5-3-4-9(12)6-14/h9H,3-6,12H2,1-2H3. The lowest BCUT2D eigenvalue weighted by Gasteiger charge is -2.30. The largest absolute Gasteiger partial charge is 0.361 e. The summed E-state index contributed by atoms with van der Waals surface area (Å²) in [5.74, 6) is 0.577. The molecule has 16 heavy (non-hydrogen) atoms. The van der Waals surface area contributed by atoms with Gasteiger partial charge in [-0.15, -0.1) is 0 Å². The van der Waals surface area contributed by atoms with Gasteiger partial charge in [0.1, 0.15) is 11.3 Å². The molecule has 5 nitrogen and oxygen atoms in total. The number of likely N-dealkylation sites (tertiary alicyclic amines) is 1. The fourth-order valence-corrected chi connectivity index (χ4v) is 2.14. The maximum atomic E-state index is 12.2. The molecule has 5 heteroatoms. The Bertz CT molecular complexity index is 380. The zero-order valence-corrected chi connectivity index (χ0v) is 9.69. The SMILES string of the molecule is Cc1noc(C)c1C(=O)N1CCCC(N)C1. The van der Waals surface area contributed by atoms with Crippen LogP contribution in [0.25, 0.3) is 0 Å². The summed E-state index contributed by atoms with van der Waals surface area (Å²) < 4.78 is 5.01. The third kappa shape index (κ3) is 1.95. The lowest BCUT2D eigenvalue weighted by molar-refractivity contribution is 0.0706. The summed E-state index contributed by atoms with van der Waals surface area (Å²) in [4.78, 5) is 14.0. The topological polar surface area (TPSA) is 72.4 Å². The summed E-state index contributed by atoms with van der Waals surface area (Å²) in [5.41, 5.74) is 7.11. The van der Waals surface area contributed by atoms with E-state index in [1.165, 1.54) is 0 Å². The third-order valence-corrected chi connectivity index (χ3v) is 2.99. The van der Waals surface area contributed by atoms with Crippen molar-refractivity contribution in [2.45, 2.75) is 32.7 Å². The van der Waals surface area contributed by atoms with Crippen LogP contribution in [-0.2, 0) is 0 Å². The van der Waals surface area contributed by atoms with Crippen LogP contribution in [-0.4, -0.2) is 35.1 Å². The van der Waals surface area contributed by atoms with Gasteiger partial charge in [-0.25, -0.2) is 0 Å². The monoisotopic (exact) mass is 223 g/mol. The van der Waals surface area contributed by atoms with Crippen molar-refractivity contribution in [1.29, 1.82) is 0 Å². The first-order valence-corrected chi connectivity index (χ1v) is 5.57. The van der Waals surface area contributed by atoms with E-state index in [1.807, 2.05) is 0 Å². The van der Waals surface area contributed by atoms with E-state index in [9.17, 15) is 4.79 Å². The first kappa shape index (κ1) is 11.1. The first-order chi connectivity index (χ1) is 7.59. The Morgan fingerprint density at radius 2 is 2.31 bits per heavy atom. The predicted molar refractivity (Wildman–Crippen MR) is 59.1 cm³/mol. The van der Waals surface area contributed by atoms with E-state index in [4.69, 9.17) is 10.3 Å². The van der Waals surface area contributed by atoms with Crippen molar-refractivity contribution >= 4 is 5.91 Å². The molecule has 0 radical (unpaired) electrons. The summed E-state index contributed by atoms with van der Waals surface area (Å²) in [6.45, 7) is 4.95. The smallest absolute Gasteiger partial charge is 0.259 e. The number of aromatic nitrogens is 1. The van der Waals surface area contributed by atoms with E-state index in [0.717, 1.165) is 19.4 Å². The second kappa shape index (κ2) is 4.25. The number of nitrogens with two attached hydrogens (primary N) is 1. The van der Waals surface area contributed by atoms with E-state index >= 15 is 0 Å². The summed E-state index contributed by atoms with van der Waals surface area (Å²) in [5, 5.41) is 3.80. The van der Waals surface area contributed by atoms with Crippen LogP contribution in [0.2, 0.25) is 0 Å². The molecule has 0 saturated carbocycles. The fraction of sp³-hybridized carbons (Fsp3) is 0.636. The molecule has 1 amide bonds. The minimum atomic E-state index is -0.00796. The molecule has 2 rings (SSSR count). The maximum absolute atomic E-state index is 12.2. The number of carbonyl (C=O) groups is 1. The molecule has 1 aliphatic rings. The Morgan fingerprint density at radius 3 is 2.88 bits per heavy atom. The van der Waals surface area contributed by atoms with Gasteiger partial charge in [-0.05, 0) is 26.7 Å². The lowest BCUT2D eigenvalue weighted by Crippen LogP contribution is -2.45. The molecule has 0 aliphatic carbocycles. The Balaban J connectivity index is 2.18. The van der Waals surface area contributed by atoms with Crippen LogP contribution in [0.3, 0.4) is 0 Å². The minimum absolute atomic E-state index is 0.00796. The van der Waals surface area contributed by atoms with Gasteiger partial charge in [0.15, 0.2) is 0 Å². The molecular weight excluding hydrogens is 206 g/mol. The number of aryl methyl sites for hydroxylation is 2. The number of piperidine rings is 1. The van der Waals surface area contributed by atoms with Crippen LogP contribution in [0, 0.1) is 13.8 Å². The molecular formula is C11H17N3O2. The molecule has 2 heterocycles. The highest BCUT2D eigenvalue weighted by Gasteiger charge is 2.26. The van der Waals surface area contributed by atoms with Crippen LogP contribution < -0.4 is 5.73 Å². The van der Waals surface area contributed by atoms with Gasteiger partial charge < -0.3 is 15.2 Å². The second-order valence-electron chi connectivity index (χ2n) is 4.35. The predicted octanol–water partition coefficient (Wildman–Crippen LogP) is 0.855. The summed E-state index contributed by atoms with van der Waals surface area (Å²) in [6, 6.07) is 0.0955. The molecule has 1 atom stereocenters. The molecule has 1 saturated heterocycles. The van der Waals surface area contributed by atoms with Gasteiger partial charge in [-0.1, -0.05) is 5.16 Å². The average Bonchev–Trinajstić information content (AvgIpc) is 2.58. The number of nitrogens with zero attached hydrogens (tertiary/aromatic N) is 2. The fourth-order valence-electron chi connectivity index (χ4n) is 2.14. The van der Waals surface area contributed by atoms with Gasteiger partial charge in [0.25, 0.3) is 5.91 Å². The molecule has 1 fully saturated rings. The second-order valence-corrected chi connectivity index (χ2v) is 4.35. The van der Waals surface area contributed by atoms with Gasteiger partial charge in [-0.3, -0.25) is 4.79 Å². The van der Waals surface area contributed by atoms with E-state index < -0.39 is 0 Å². The molecule has 0 spiro atoms. The quantitative estimate of drug-likeness (QED) is 0.766. The Kier molecular flexibility index (Phi) is 2.96. The zero-order chi connectivity index (χ0) is 11.7. The first-order valence-electron chi connectivity index (χ1n) is 5.57. The van der Waals surface area contributed by atoms with Crippen molar-refractivity contribution in [2.75, 3.05) is 13.1 Å². The Morgan fingerprint density at radius 1 is 1.56 bits per heavy atom. The zero-order valence-electron chi connectivity index (χ0n) is 9.69.